The molecule has 0 fully saturated rings. The molecule has 2 N–H and O–H groups in total. The zero-order valence-corrected chi connectivity index (χ0v) is 10.9. The molecule has 0 aromatic carbocycles. The molecule has 5 nitrogen and oxygen atoms in total. The Labute approximate surface area is 103 Å². The maximum absolute atomic E-state index is 6.18. The first-order valence-electron chi connectivity index (χ1n) is 6.25. The van der Waals surface area contributed by atoms with E-state index in [4.69, 9.17) is 15.2 Å². The summed E-state index contributed by atoms with van der Waals surface area (Å²) in [5.74, 6) is 0. The molecule has 0 aliphatic heterocycles. The van der Waals surface area contributed by atoms with E-state index in [0.29, 0.717) is 13.2 Å². The average Bonchev–Trinajstić information content (AvgIpc) is 2.77. The smallest absolute Gasteiger partial charge is 0.178 e. The van der Waals surface area contributed by atoms with Crippen LogP contribution in [0.5, 0.6) is 0 Å². The highest BCUT2D eigenvalue weighted by atomic mass is 16.7. The number of hydrogen-bond acceptors (Lipinski definition) is 4. The van der Waals surface area contributed by atoms with Crippen molar-refractivity contribution in [3.05, 3.63) is 18.0 Å². The van der Waals surface area contributed by atoms with E-state index in [-0.39, 0.29) is 6.04 Å². The van der Waals surface area contributed by atoms with Crippen molar-refractivity contribution in [1.82, 2.24) is 9.78 Å². The van der Waals surface area contributed by atoms with Crippen LogP contribution in [0.25, 0.3) is 0 Å². The van der Waals surface area contributed by atoms with Crippen LogP contribution in [0.2, 0.25) is 0 Å². The van der Waals surface area contributed by atoms with Gasteiger partial charge in [0.15, 0.2) is 6.29 Å². The second kappa shape index (κ2) is 7.42. The minimum absolute atomic E-state index is 0.302. The largest absolute Gasteiger partial charge is 0.351 e. The van der Waals surface area contributed by atoms with Crippen LogP contribution >= 0.6 is 0 Å². The predicted octanol–water partition coefficient (Wildman–Crippen LogP) is 1.69. The van der Waals surface area contributed by atoms with Gasteiger partial charge in [0, 0.05) is 26.0 Å². The van der Waals surface area contributed by atoms with E-state index >= 15 is 0 Å². The van der Waals surface area contributed by atoms with E-state index in [0.717, 1.165) is 18.7 Å². The second-order valence-corrected chi connectivity index (χ2v) is 3.78. The Morgan fingerprint density at radius 2 is 1.94 bits per heavy atom. The van der Waals surface area contributed by atoms with Gasteiger partial charge in [0.1, 0.15) is 0 Å². The number of rotatable bonds is 8. The summed E-state index contributed by atoms with van der Waals surface area (Å²) < 4.78 is 12.9. The van der Waals surface area contributed by atoms with E-state index in [1.807, 2.05) is 24.6 Å². The first-order valence-corrected chi connectivity index (χ1v) is 6.25. The summed E-state index contributed by atoms with van der Waals surface area (Å²) >= 11 is 0. The molecule has 1 unspecified atom stereocenters. The molecule has 0 aliphatic carbocycles. The van der Waals surface area contributed by atoms with Crippen molar-refractivity contribution in [3.63, 3.8) is 0 Å². The topological polar surface area (TPSA) is 62.3 Å². The molecular formula is C12H23N3O2. The van der Waals surface area contributed by atoms with Crippen LogP contribution in [0.4, 0.5) is 0 Å². The summed E-state index contributed by atoms with van der Waals surface area (Å²) in [6.07, 6.45) is 2.38. The Morgan fingerprint density at radius 1 is 1.29 bits per heavy atom. The number of hydrogen-bond donors (Lipinski definition) is 1. The highest BCUT2D eigenvalue weighted by Gasteiger charge is 2.23. The molecule has 17 heavy (non-hydrogen) atoms. The lowest BCUT2D eigenvalue weighted by Gasteiger charge is -2.24. The maximum Gasteiger partial charge on any atom is 0.178 e. The average molecular weight is 241 g/mol. The third kappa shape index (κ3) is 3.80. The van der Waals surface area contributed by atoms with Gasteiger partial charge in [0.05, 0.1) is 11.7 Å². The highest BCUT2D eigenvalue weighted by molar-refractivity contribution is 5.07. The Bertz CT molecular complexity index is 308. The lowest BCUT2D eigenvalue weighted by Crippen LogP contribution is -2.33. The Hall–Kier alpha value is -0.910. The molecule has 1 rings (SSSR count). The Kier molecular flexibility index (Phi) is 6.18. The van der Waals surface area contributed by atoms with Gasteiger partial charge in [0.2, 0.25) is 0 Å². The maximum atomic E-state index is 6.18. The fourth-order valence-electron chi connectivity index (χ4n) is 1.75. The molecular weight excluding hydrogens is 218 g/mol. The molecule has 0 saturated heterocycles. The fraction of sp³-hybridized carbons (Fsp3) is 0.750. The Balaban J connectivity index is 2.76. The molecule has 0 radical (unpaired) electrons. The summed E-state index contributed by atoms with van der Waals surface area (Å²) in [4.78, 5) is 0. The van der Waals surface area contributed by atoms with Gasteiger partial charge in [-0.05, 0) is 26.3 Å². The van der Waals surface area contributed by atoms with E-state index in [9.17, 15) is 0 Å². The van der Waals surface area contributed by atoms with Gasteiger partial charge >= 0.3 is 0 Å². The van der Waals surface area contributed by atoms with Gasteiger partial charge in [-0.3, -0.25) is 4.68 Å². The summed E-state index contributed by atoms with van der Waals surface area (Å²) in [5.41, 5.74) is 7.13. The number of nitrogens with zero attached hydrogens (tertiary/aromatic N) is 2. The van der Waals surface area contributed by atoms with Gasteiger partial charge in [0.25, 0.3) is 0 Å². The predicted molar refractivity (Wildman–Crippen MR) is 66.5 cm³/mol. The molecule has 0 bridgehead atoms. The summed E-state index contributed by atoms with van der Waals surface area (Å²) in [6.45, 7) is 8.01. The van der Waals surface area contributed by atoms with Crippen molar-refractivity contribution in [1.29, 1.82) is 0 Å². The molecule has 98 valence electrons. The third-order valence-electron chi connectivity index (χ3n) is 2.48. The zero-order chi connectivity index (χ0) is 12.7. The van der Waals surface area contributed by atoms with Gasteiger partial charge < -0.3 is 15.2 Å². The van der Waals surface area contributed by atoms with E-state index < -0.39 is 6.29 Å². The molecule has 0 spiro atoms. The van der Waals surface area contributed by atoms with E-state index in [2.05, 4.69) is 12.0 Å². The standard InChI is InChI=1S/C12H23N3O2/c1-4-9-15-10(7-8-14-15)11(13)12(16-5-2)17-6-3/h7-8,11-12H,4-6,9,13H2,1-3H3. The van der Waals surface area contributed by atoms with Gasteiger partial charge in [-0.1, -0.05) is 6.92 Å². The summed E-state index contributed by atoms with van der Waals surface area (Å²) in [5, 5.41) is 4.26. The van der Waals surface area contributed by atoms with Gasteiger partial charge in [-0.25, -0.2) is 0 Å². The van der Waals surface area contributed by atoms with Crippen LogP contribution in [0, 0.1) is 0 Å². The van der Waals surface area contributed by atoms with Crippen LogP contribution < -0.4 is 5.73 Å². The fourth-order valence-corrected chi connectivity index (χ4v) is 1.75. The van der Waals surface area contributed by atoms with E-state index in [1.54, 1.807) is 6.20 Å². The number of aromatic nitrogens is 2. The minimum Gasteiger partial charge on any atom is -0.351 e. The SMILES string of the molecule is CCCn1nccc1C(N)C(OCC)OCC. The molecule has 1 atom stereocenters. The molecule has 0 saturated carbocycles. The molecule has 1 aromatic heterocycles. The van der Waals surface area contributed by atoms with Crippen molar-refractivity contribution in [2.75, 3.05) is 13.2 Å². The van der Waals surface area contributed by atoms with Crippen LogP contribution in [0.1, 0.15) is 38.9 Å². The first-order chi connectivity index (χ1) is 8.24. The number of ether oxygens (including phenoxy) is 2. The molecule has 0 aliphatic rings. The minimum atomic E-state index is -0.405. The monoisotopic (exact) mass is 241 g/mol. The third-order valence-corrected chi connectivity index (χ3v) is 2.48. The number of nitrogens with two attached hydrogens (primary N) is 1. The molecule has 0 amide bonds. The van der Waals surface area contributed by atoms with Crippen LogP contribution in [-0.4, -0.2) is 29.3 Å². The zero-order valence-electron chi connectivity index (χ0n) is 10.9. The summed E-state index contributed by atoms with van der Waals surface area (Å²) in [6, 6.07) is 1.62. The molecule has 1 heterocycles. The quantitative estimate of drug-likeness (QED) is 0.704. The van der Waals surface area contributed by atoms with Crippen LogP contribution in [-0.2, 0) is 16.0 Å². The van der Waals surface area contributed by atoms with Crippen molar-refractivity contribution in [2.24, 2.45) is 5.73 Å². The lowest BCUT2D eigenvalue weighted by molar-refractivity contribution is -0.150. The van der Waals surface area contributed by atoms with Crippen molar-refractivity contribution in [2.45, 2.75) is 46.1 Å². The van der Waals surface area contributed by atoms with Crippen molar-refractivity contribution in [3.8, 4) is 0 Å². The Morgan fingerprint density at radius 3 is 2.47 bits per heavy atom. The van der Waals surface area contributed by atoms with Gasteiger partial charge in [-0.15, -0.1) is 0 Å². The molecule has 5 heteroatoms. The van der Waals surface area contributed by atoms with E-state index in [1.165, 1.54) is 0 Å². The second-order valence-electron chi connectivity index (χ2n) is 3.78. The van der Waals surface area contributed by atoms with Crippen LogP contribution in [0.15, 0.2) is 12.3 Å². The first kappa shape index (κ1) is 14.2. The highest BCUT2D eigenvalue weighted by Crippen LogP contribution is 2.18. The number of aryl methyl sites for hydroxylation is 1. The normalized spacial score (nSPS) is 13.2. The lowest BCUT2D eigenvalue weighted by atomic mass is 10.2. The molecule has 1 aromatic rings. The van der Waals surface area contributed by atoms with Crippen molar-refractivity contribution >= 4 is 0 Å². The van der Waals surface area contributed by atoms with Gasteiger partial charge in [-0.2, -0.15) is 5.10 Å². The van der Waals surface area contributed by atoms with Crippen molar-refractivity contribution < 1.29 is 9.47 Å². The summed E-state index contributed by atoms with van der Waals surface area (Å²) in [7, 11) is 0. The van der Waals surface area contributed by atoms with Crippen LogP contribution in [0.3, 0.4) is 0 Å².